The molecule has 1 amide bonds. The number of carbonyl (C=O) groups is 2. The third kappa shape index (κ3) is 4.21. The number of unbranched alkanes of at least 4 members (excludes halogenated alkanes) is 1. The summed E-state index contributed by atoms with van der Waals surface area (Å²) in [7, 11) is 0. The molecular weight excluding hydrogens is 268 g/mol. The first-order chi connectivity index (χ1) is 10.2. The van der Waals surface area contributed by atoms with Crippen LogP contribution >= 0.6 is 0 Å². The fourth-order valence-electron chi connectivity index (χ4n) is 2.11. The second-order valence-corrected chi connectivity index (χ2v) is 4.76. The molecule has 0 aliphatic rings. The minimum Gasteiger partial charge on any atom is -0.481 e. The summed E-state index contributed by atoms with van der Waals surface area (Å²) in [5.41, 5.74) is 2.44. The molecule has 1 heterocycles. The summed E-state index contributed by atoms with van der Waals surface area (Å²) in [6, 6.07) is 9.68. The number of aliphatic carboxylic acids is 1. The molecule has 5 nitrogen and oxygen atoms in total. The van der Waals surface area contributed by atoms with Gasteiger partial charge in [-0.1, -0.05) is 30.3 Å². The highest BCUT2D eigenvalue weighted by Crippen LogP contribution is 2.22. The number of carboxylic acids is 1. The van der Waals surface area contributed by atoms with Crippen LogP contribution in [0.4, 0.5) is 0 Å². The number of nitrogens with one attached hydrogen (secondary N) is 2. The average molecular weight is 286 g/mol. The van der Waals surface area contributed by atoms with Crippen LogP contribution in [0.2, 0.25) is 0 Å². The standard InChI is InChI=1S/C16H18N2O3/c19-15(20)8-4-5-9-18-16(21)14-11-17-10-13(14)12-6-2-1-3-7-12/h1-3,6-7,10-11,17H,4-5,8-9H2,(H,18,21)(H,19,20). The Bertz CT molecular complexity index is 605. The van der Waals surface area contributed by atoms with Crippen molar-refractivity contribution in [3.05, 3.63) is 48.3 Å². The number of benzene rings is 1. The van der Waals surface area contributed by atoms with Gasteiger partial charge in [-0.25, -0.2) is 0 Å². The zero-order valence-corrected chi connectivity index (χ0v) is 11.6. The second kappa shape index (κ2) is 7.28. The third-order valence-corrected chi connectivity index (χ3v) is 3.18. The van der Waals surface area contributed by atoms with E-state index in [-0.39, 0.29) is 12.3 Å². The first-order valence-electron chi connectivity index (χ1n) is 6.90. The Morgan fingerprint density at radius 1 is 1.10 bits per heavy atom. The summed E-state index contributed by atoms with van der Waals surface area (Å²) in [6.45, 7) is 0.478. The van der Waals surface area contributed by atoms with E-state index in [2.05, 4.69) is 10.3 Å². The maximum atomic E-state index is 12.1. The van der Waals surface area contributed by atoms with Gasteiger partial charge in [0.15, 0.2) is 0 Å². The normalized spacial score (nSPS) is 10.3. The zero-order valence-electron chi connectivity index (χ0n) is 11.6. The molecule has 0 spiro atoms. The van der Waals surface area contributed by atoms with E-state index in [4.69, 9.17) is 5.11 Å². The lowest BCUT2D eigenvalue weighted by atomic mass is 10.0. The Labute approximate surface area is 123 Å². The Kier molecular flexibility index (Phi) is 5.15. The number of hydrogen-bond acceptors (Lipinski definition) is 2. The molecule has 1 aromatic heterocycles. The topological polar surface area (TPSA) is 82.2 Å². The van der Waals surface area contributed by atoms with Gasteiger partial charge < -0.3 is 15.4 Å². The van der Waals surface area contributed by atoms with Crippen molar-refractivity contribution in [2.45, 2.75) is 19.3 Å². The van der Waals surface area contributed by atoms with Gasteiger partial charge in [-0.05, 0) is 18.4 Å². The number of hydrogen-bond donors (Lipinski definition) is 3. The molecule has 0 saturated carbocycles. The minimum atomic E-state index is -0.807. The smallest absolute Gasteiger partial charge is 0.303 e. The van der Waals surface area contributed by atoms with Gasteiger partial charge in [-0.3, -0.25) is 9.59 Å². The molecule has 21 heavy (non-hydrogen) atoms. The summed E-state index contributed by atoms with van der Waals surface area (Å²) < 4.78 is 0. The molecular formula is C16H18N2O3. The van der Waals surface area contributed by atoms with Crippen molar-refractivity contribution in [1.29, 1.82) is 0 Å². The Morgan fingerprint density at radius 2 is 1.86 bits per heavy atom. The molecule has 0 aliphatic heterocycles. The van der Waals surface area contributed by atoms with E-state index in [0.29, 0.717) is 24.9 Å². The minimum absolute atomic E-state index is 0.134. The molecule has 0 saturated heterocycles. The zero-order chi connectivity index (χ0) is 15.1. The number of aromatic amines is 1. The lowest BCUT2D eigenvalue weighted by Gasteiger charge is -2.06. The molecule has 0 fully saturated rings. The number of carboxylic acid groups (broad SMARTS) is 1. The van der Waals surface area contributed by atoms with Crippen molar-refractivity contribution in [1.82, 2.24) is 10.3 Å². The predicted octanol–water partition coefficient (Wildman–Crippen LogP) is 2.67. The monoisotopic (exact) mass is 286 g/mol. The lowest BCUT2D eigenvalue weighted by molar-refractivity contribution is -0.137. The highest BCUT2D eigenvalue weighted by Gasteiger charge is 2.13. The van der Waals surface area contributed by atoms with Crippen LogP contribution in [0.1, 0.15) is 29.6 Å². The number of rotatable bonds is 7. The quantitative estimate of drug-likeness (QED) is 0.684. The first-order valence-corrected chi connectivity index (χ1v) is 6.90. The third-order valence-electron chi connectivity index (χ3n) is 3.18. The second-order valence-electron chi connectivity index (χ2n) is 4.76. The molecule has 0 unspecified atom stereocenters. The molecule has 1 aromatic carbocycles. The fourth-order valence-corrected chi connectivity index (χ4v) is 2.11. The van der Waals surface area contributed by atoms with E-state index in [1.165, 1.54) is 0 Å². The molecule has 0 bridgehead atoms. The molecule has 3 N–H and O–H groups in total. The van der Waals surface area contributed by atoms with Gasteiger partial charge in [0.05, 0.1) is 5.56 Å². The number of aromatic nitrogens is 1. The molecule has 0 aliphatic carbocycles. The largest absolute Gasteiger partial charge is 0.481 e. The molecule has 0 atom stereocenters. The van der Waals surface area contributed by atoms with Crippen molar-refractivity contribution in [3.8, 4) is 11.1 Å². The van der Waals surface area contributed by atoms with Crippen LogP contribution in [0.5, 0.6) is 0 Å². The van der Waals surface area contributed by atoms with E-state index in [1.54, 1.807) is 12.4 Å². The van der Waals surface area contributed by atoms with Crippen molar-refractivity contribution in [3.63, 3.8) is 0 Å². The van der Waals surface area contributed by atoms with E-state index < -0.39 is 5.97 Å². The SMILES string of the molecule is O=C(O)CCCCNC(=O)c1c[nH]cc1-c1ccccc1. The van der Waals surface area contributed by atoms with Crippen LogP contribution in [0.15, 0.2) is 42.7 Å². The van der Waals surface area contributed by atoms with Crippen LogP contribution in [0.3, 0.4) is 0 Å². The highest BCUT2D eigenvalue weighted by molar-refractivity contribution is 6.00. The number of H-pyrrole nitrogens is 1. The Balaban J connectivity index is 1.92. The van der Waals surface area contributed by atoms with Crippen molar-refractivity contribution in [2.75, 3.05) is 6.54 Å². The van der Waals surface area contributed by atoms with Gasteiger partial charge in [-0.2, -0.15) is 0 Å². The maximum absolute atomic E-state index is 12.1. The molecule has 2 aromatic rings. The first kappa shape index (κ1) is 14.8. The number of amides is 1. The van der Waals surface area contributed by atoms with Crippen LogP contribution in [-0.4, -0.2) is 28.5 Å². The predicted molar refractivity (Wildman–Crippen MR) is 80.0 cm³/mol. The molecule has 0 radical (unpaired) electrons. The van der Waals surface area contributed by atoms with E-state index >= 15 is 0 Å². The van der Waals surface area contributed by atoms with Gasteiger partial charge in [0.1, 0.15) is 0 Å². The van der Waals surface area contributed by atoms with Crippen molar-refractivity contribution in [2.24, 2.45) is 0 Å². The van der Waals surface area contributed by atoms with E-state index in [0.717, 1.165) is 11.1 Å². The highest BCUT2D eigenvalue weighted by atomic mass is 16.4. The summed E-state index contributed by atoms with van der Waals surface area (Å²) in [6.07, 6.45) is 4.83. The molecule has 5 heteroatoms. The van der Waals surface area contributed by atoms with Gasteiger partial charge in [0.25, 0.3) is 5.91 Å². The van der Waals surface area contributed by atoms with Crippen LogP contribution in [-0.2, 0) is 4.79 Å². The summed E-state index contributed by atoms with van der Waals surface area (Å²) >= 11 is 0. The van der Waals surface area contributed by atoms with Crippen molar-refractivity contribution >= 4 is 11.9 Å². The van der Waals surface area contributed by atoms with Crippen LogP contribution in [0.25, 0.3) is 11.1 Å². The van der Waals surface area contributed by atoms with Gasteiger partial charge in [0.2, 0.25) is 0 Å². The average Bonchev–Trinajstić information content (AvgIpc) is 2.97. The lowest BCUT2D eigenvalue weighted by Crippen LogP contribution is -2.24. The number of carbonyl (C=O) groups excluding carboxylic acids is 1. The van der Waals surface area contributed by atoms with Crippen molar-refractivity contribution < 1.29 is 14.7 Å². The summed E-state index contributed by atoms with van der Waals surface area (Å²) in [4.78, 5) is 25.5. The van der Waals surface area contributed by atoms with E-state index in [9.17, 15) is 9.59 Å². The van der Waals surface area contributed by atoms with Gasteiger partial charge >= 0.3 is 5.97 Å². The van der Waals surface area contributed by atoms with Crippen LogP contribution < -0.4 is 5.32 Å². The summed E-state index contributed by atoms with van der Waals surface area (Å²) in [5, 5.41) is 11.4. The summed E-state index contributed by atoms with van der Waals surface area (Å²) in [5.74, 6) is -0.955. The molecule has 110 valence electrons. The maximum Gasteiger partial charge on any atom is 0.303 e. The fraction of sp³-hybridized carbons (Fsp3) is 0.250. The van der Waals surface area contributed by atoms with E-state index in [1.807, 2.05) is 30.3 Å². The Morgan fingerprint density at radius 3 is 2.57 bits per heavy atom. The van der Waals surface area contributed by atoms with Gasteiger partial charge in [-0.15, -0.1) is 0 Å². The van der Waals surface area contributed by atoms with Crippen LogP contribution in [0, 0.1) is 0 Å². The molecule has 2 rings (SSSR count). The van der Waals surface area contributed by atoms with Gasteiger partial charge in [0, 0.05) is 30.9 Å². The Hall–Kier alpha value is -2.56.